The SMILES string of the molecule is CC(=O)Oc1cc2c(cc1Cl)C(C)(C)C[C@](C)(c1cc(Cl)c(OC(C)=O)cc1OC(C)=O)O2. The zero-order valence-electron chi connectivity index (χ0n) is 19.1. The summed E-state index contributed by atoms with van der Waals surface area (Å²) in [6.45, 7) is 9.67. The van der Waals surface area contributed by atoms with E-state index in [1.165, 1.54) is 26.8 Å². The molecular weight excluding hydrogens is 471 g/mol. The van der Waals surface area contributed by atoms with Crippen molar-refractivity contribution < 1.29 is 33.3 Å². The fourth-order valence-electron chi connectivity index (χ4n) is 4.17. The van der Waals surface area contributed by atoms with Crippen molar-refractivity contribution in [3.05, 3.63) is 45.4 Å². The third kappa shape index (κ3) is 5.25. The number of rotatable bonds is 4. The Hall–Kier alpha value is -2.77. The van der Waals surface area contributed by atoms with E-state index in [4.69, 9.17) is 42.1 Å². The molecule has 176 valence electrons. The van der Waals surface area contributed by atoms with Gasteiger partial charge in [-0.1, -0.05) is 37.0 Å². The summed E-state index contributed by atoms with van der Waals surface area (Å²) in [7, 11) is 0. The van der Waals surface area contributed by atoms with Crippen molar-refractivity contribution in [2.75, 3.05) is 0 Å². The van der Waals surface area contributed by atoms with E-state index in [1.54, 1.807) is 18.2 Å². The highest BCUT2D eigenvalue weighted by atomic mass is 35.5. The number of ether oxygens (including phenoxy) is 4. The third-order valence-corrected chi connectivity index (χ3v) is 5.83. The molecule has 0 saturated heterocycles. The van der Waals surface area contributed by atoms with Gasteiger partial charge in [0, 0.05) is 50.5 Å². The van der Waals surface area contributed by atoms with Crippen molar-refractivity contribution in [1.82, 2.24) is 0 Å². The molecule has 7 nitrogen and oxygen atoms in total. The lowest BCUT2D eigenvalue weighted by molar-refractivity contribution is -0.133. The summed E-state index contributed by atoms with van der Waals surface area (Å²) >= 11 is 12.7. The quantitative estimate of drug-likeness (QED) is 0.395. The van der Waals surface area contributed by atoms with Crippen molar-refractivity contribution in [3.63, 3.8) is 0 Å². The van der Waals surface area contributed by atoms with Crippen LogP contribution in [0.2, 0.25) is 10.0 Å². The fourth-order valence-corrected chi connectivity index (χ4v) is 4.57. The molecule has 0 aromatic heterocycles. The van der Waals surface area contributed by atoms with E-state index in [2.05, 4.69) is 0 Å². The lowest BCUT2D eigenvalue weighted by atomic mass is 9.71. The van der Waals surface area contributed by atoms with Crippen LogP contribution in [0.3, 0.4) is 0 Å². The number of carbonyl (C=O) groups excluding carboxylic acids is 3. The zero-order valence-corrected chi connectivity index (χ0v) is 20.6. The Morgan fingerprint density at radius 2 is 1.21 bits per heavy atom. The van der Waals surface area contributed by atoms with Crippen LogP contribution in [0.5, 0.6) is 23.0 Å². The van der Waals surface area contributed by atoms with Gasteiger partial charge in [0.1, 0.15) is 17.1 Å². The van der Waals surface area contributed by atoms with Crippen molar-refractivity contribution in [3.8, 4) is 23.0 Å². The summed E-state index contributed by atoms with van der Waals surface area (Å²) in [6, 6.07) is 6.24. The van der Waals surface area contributed by atoms with Crippen LogP contribution in [-0.4, -0.2) is 17.9 Å². The minimum atomic E-state index is -1.01. The van der Waals surface area contributed by atoms with Crippen molar-refractivity contribution in [2.24, 2.45) is 0 Å². The highest BCUT2D eigenvalue weighted by molar-refractivity contribution is 6.32. The summed E-state index contributed by atoms with van der Waals surface area (Å²) < 4.78 is 22.2. The van der Waals surface area contributed by atoms with Gasteiger partial charge in [0.15, 0.2) is 11.5 Å². The molecule has 0 saturated carbocycles. The summed E-state index contributed by atoms with van der Waals surface area (Å²) in [5.74, 6) is -0.792. The van der Waals surface area contributed by atoms with Crippen molar-refractivity contribution in [1.29, 1.82) is 0 Å². The van der Waals surface area contributed by atoms with Gasteiger partial charge in [-0.2, -0.15) is 0 Å². The normalized spacial score (nSPS) is 18.5. The molecule has 2 aromatic carbocycles. The van der Waals surface area contributed by atoms with E-state index >= 15 is 0 Å². The first-order valence-corrected chi connectivity index (χ1v) is 10.9. The molecule has 1 aliphatic rings. The van der Waals surface area contributed by atoms with E-state index in [-0.39, 0.29) is 22.3 Å². The van der Waals surface area contributed by atoms with E-state index in [0.717, 1.165) is 5.56 Å². The van der Waals surface area contributed by atoms with Gasteiger partial charge in [-0.05, 0) is 24.5 Å². The fraction of sp³-hybridized carbons (Fsp3) is 0.375. The first-order chi connectivity index (χ1) is 15.2. The average Bonchev–Trinajstić information content (AvgIpc) is 2.64. The van der Waals surface area contributed by atoms with Crippen LogP contribution in [0.4, 0.5) is 0 Å². The zero-order chi connectivity index (χ0) is 24.7. The highest BCUT2D eigenvalue weighted by Crippen LogP contribution is 2.53. The van der Waals surface area contributed by atoms with Gasteiger partial charge in [0.05, 0.1) is 10.0 Å². The van der Waals surface area contributed by atoms with E-state index in [9.17, 15) is 14.4 Å². The second-order valence-electron chi connectivity index (χ2n) is 8.73. The summed E-state index contributed by atoms with van der Waals surface area (Å²) in [4.78, 5) is 34.7. The van der Waals surface area contributed by atoms with Gasteiger partial charge < -0.3 is 18.9 Å². The number of halogens is 2. The molecule has 2 aromatic rings. The van der Waals surface area contributed by atoms with Gasteiger partial charge in [0.2, 0.25) is 0 Å². The first kappa shape index (κ1) is 24.9. The minimum Gasteiger partial charge on any atom is -0.482 e. The maximum absolute atomic E-state index is 11.8. The van der Waals surface area contributed by atoms with Crippen LogP contribution in [0.15, 0.2) is 24.3 Å². The van der Waals surface area contributed by atoms with E-state index in [0.29, 0.717) is 22.8 Å². The Morgan fingerprint density at radius 3 is 1.73 bits per heavy atom. The molecule has 0 amide bonds. The van der Waals surface area contributed by atoms with E-state index in [1.807, 2.05) is 20.8 Å². The molecule has 33 heavy (non-hydrogen) atoms. The second kappa shape index (κ2) is 8.88. The van der Waals surface area contributed by atoms with Crippen LogP contribution in [-0.2, 0) is 25.4 Å². The van der Waals surface area contributed by atoms with Gasteiger partial charge >= 0.3 is 17.9 Å². The van der Waals surface area contributed by atoms with Gasteiger partial charge in [0.25, 0.3) is 0 Å². The van der Waals surface area contributed by atoms with Crippen LogP contribution < -0.4 is 18.9 Å². The van der Waals surface area contributed by atoms with Crippen LogP contribution in [0, 0.1) is 0 Å². The number of carbonyl (C=O) groups is 3. The van der Waals surface area contributed by atoms with Gasteiger partial charge in [-0.3, -0.25) is 14.4 Å². The molecule has 0 spiro atoms. The van der Waals surface area contributed by atoms with Crippen molar-refractivity contribution in [2.45, 2.75) is 59.0 Å². The lowest BCUT2D eigenvalue weighted by Gasteiger charge is -2.45. The summed E-state index contributed by atoms with van der Waals surface area (Å²) in [5, 5.41) is 0.444. The summed E-state index contributed by atoms with van der Waals surface area (Å²) in [6.07, 6.45) is 0.466. The number of hydrogen-bond acceptors (Lipinski definition) is 7. The predicted molar refractivity (Wildman–Crippen MR) is 122 cm³/mol. The Kier molecular flexibility index (Phi) is 6.69. The second-order valence-corrected chi connectivity index (χ2v) is 9.55. The highest BCUT2D eigenvalue weighted by Gasteiger charge is 2.45. The topological polar surface area (TPSA) is 88.1 Å². The molecule has 1 heterocycles. The van der Waals surface area contributed by atoms with E-state index < -0.39 is 28.9 Å². The van der Waals surface area contributed by atoms with Crippen LogP contribution in [0.25, 0.3) is 0 Å². The number of fused-ring (bicyclic) bond motifs is 1. The average molecular weight is 495 g/mol. The largest absolute Gasteiger partial charge is 0.482 e. The van der Waals surface area contributed by atoms with Crippen LogP contribution >= 0.6 is 23.2 Å². The molecule has 0 N–H and O–H groups in total. The molecule has 0 radical (unpaired) electrons. The van der Waals surface area contributed by atoms with Gasteiger partial charge in [-0.15, -0.1) is 0 Å². The standard InChI is InChI=1S/C24H24Cl2O7/c1-12(27)30-19-9-21(31-13(2)28)18(26)8-16(19)24(6)11-23(4,5)15-7-17(25)22(32-14(3)29)10-20(15)33-24/h7-10H,11H2,1-6H3/t24-/m1/s1. The smallest absolute Gasteiger partial charge is 0.308 e. The molecule has 9 heteroatoms. The number of hydrogen-bond donors (Lipinski definition) is 0. The predicted octanol–water partition coefficient (Wildman–Crippen LogP) is 5.74. The van der Waals surface area contributed by atoms with Crippen LogP contribution in [0.1, 0.15) is 59.1 Å². The molecule has 3 rings (SSSR count). The number of esters is 3. The molecule has 0 fully saturated rings. The summed E-state index contributed by atoms with van der Waals surface area (Å²) in [5.41, 5.74) is -0.130. The molecule has 0 bridgehead atoms. The maximum atomic E-state index is 11.8. The Morgan fingerprint density at radius 1 is 0.758 bits per heavy atom. The molecular formula is C24H24Cl2O7. The number of benzene rings is 2. The third-order valence-electron chi connectivity index (χ3n) is 5.24. The maximum Gasteiger partial charge on any atom is 0.308 e. The molecule has 1 aliphatic heterocycles. The van der Waals surface area contributed by atoms with Crippen molar-refractivity contribution >= 4 is 41.1 Å². The molecule has 0 unspecified atom stereocenters. The Balaban J connectivity index is 2.17. The lowest BCUT2D eigenvalue weighted by Crippen LogP contribution is -2.42. The molecule has 1 atom stereocenters. The monoisotopic (exact) mass is 494 g/mol. The Bertz CT molecular complexity index is 1160. The first-order valence-electron chi connectivity index (χ1n) is 10.1. The van der Waals surface area contributed by atoms with Gasteiger partial charge in [-0.25, -0.2) is 0 Å². The Labute approximate surface area is 201 Å². The minimum absolute atomic E-state index is 0.0622. The molecule has 0 aliphatic carbocycles.